The van der Waals surface area contributed by atoms with E-state index in [0.29, 0.717) is 58.8 Å². The van der Waals surface area contributed by atoms with Crippen LogP contribution in [-0.4, -0.2) is 90.3 Å². The summed E-state index contributed by atoms with van der Waals surface area (Å²) in [5.41, 5.74) is 1.37. The van der Waals surface area contributed by atoms with Crippen molar-refractivity contribution >= 4 is 68.2 Å². The fraction of sp³-hybridized carbons (Fsp3) is 0.421. The zero-order chi connectivity index (χ0) is 37.8. The van der Waals surface area contributed by atoms with Crippen LogP contribution in [0.3, 0.4) is 0 Å². The van der Waals surface area contributed by atoms with Gasteiger partial charge in [-0.3, -0.25) is 14.4 Å². The van der Waals surface area contributed by atoms with Gasteiger partial charge < -0.3 is 43.8 Å². The molecule has 0 radical (unpaired) electrons. The van der Waals surface area contributed by atoms with Gasteiger partial charge in [0.05, 0.1) is 38.7 Å². The summed E-state index contributed by atoms with van der Waals surface area (Å²) in [6, 6.07) is 10.1. The van der Waals surface area contributed by atoms with E-state index in [0.717, 1.165) is 48.6 Å². The first-order chi connectivity index (χ1) is 26.2. The number of amides is 3. The summed E-state index contributed by atoms with van der Waals surface area (Å²) < 4.78 is 31.0. The average Bonchev–Trinajstić information content (AvgIpc) is 3.75. The SMILES string of the molecule is COC(=O)c1cc2cc(NC(=O)c3nc(NC(=O)CCCOc4cc5c(cc4OC)C(=O)N4CCCC[C@H]4C(OC4CCCCO4)=N5)cn3C)ccc2s1. The summed E-state index contributed by atoms with van der Waals surface area (Å²) in [5.74, 6) is 0.263. The third kappa shape index (κ3) is 8.04. The monoisotopic (exact) mass is 758 g/mol. The summed E-state index contributed by atoms with van der Waals surface area (Å²) in [5, 5.41) is 6.36. The van der Waals surface area contributed by atoms with Gasteiger partial charge in [0.1, 0.15) is 10.9 Å². The van der Waals surface area contributed by atoms with Crippen molar-refractivity contribution in [1.82, 2.24) is 14.5 Å². The van der Waals surface area contributed by atoms with Gasteiger partial charge in [0, 0.05) is 49.1 Å². The van der Waals surface area contributed by atoms with Crippen LogP contribution in [0.25, 0.3) is 10.1 Å². The van der Waals surface area contributed by atoms with Gasteiger partial charge in [-0.2, -0.15) is 0 Å². The topological polar surface area (TPSA) is 172 Å². The van der Waals surface area contributed by atoms with E-state index < -0.39 is 18.2 Å². The highest BCUT2D eigenvalue weighted by molar-refractivity contribution is 7.20. The minimum absolute atomic E-state index is 0.0987. The Labute approximate surface area is 315 Å². The molecule has 284 valence electrons. The molecule has 0 aliphatic carbocycles. The number of hydrogen-bond acceptors (Lipinski definition) is 12. The van der Waals surface area contributed by atoms with Crippen molar-refractivity contribution in [3.8, 4) is 11.5 Å². The molecule has 5 heterocycles. The number of esters is 1. The lowest BCUT2D eigenvalue weighted by atomic mass is 10.0. The molecule has 2 atom stereocenters. The average molecular weight is 759 g/mol. The molecule has 0 bridgehead atoms. The number of carbonyl (C=O) groups is 4. The first kappa shape index (κ1) is 36.9. The number of rotatable bonds is 11. The maximum atomic E-state index is 13.8. The largest absolute Gasteiger partial charge is 0.493 e. The van der Waals surface area contributed by atoms with E-state index in [4.69, 9.17) is 28.7 Å². The number of aromatic nitrogens is 2. The lowest BCUT2D eigenvalue weighted by Crippen LogP contribution is -2.48. The number of nitrogens with one attached hydrogen (secondary N) is 2. The molecule has 4 aromatic rings. The van der Waals surface area contributed by atoms with Crippen molar-refractivity contribution < 1.29 is 42.9 Å². The second kappa shape index (κ2) is 16.3. The van der Waals surface area contributed by atoms with Crippen LogP contribution in [0.4, 0.5) is 17.2 Å². The number of benzene rings is 2. The van der Waals surface area contributed by atoms with Crippen LogP contribution in [-0.2, 0) is 26.1 Å². The lowest BCUT2D eigenvalue weighted by Gasteiger charge is -2.36. The van der Waals surface area contributed by atoms with Crippen molar-refractivity contribution in [3.63, 3.8) is 0 Å². The zero-order valence-corrected chi connectivity index (χ0v) is 31.2. The fourth-order valence-electron chi connectivity index (χ4n) is 6.78. The van der Waals surface area contributed by atoms with E-state index in [-0.39, 0.29) is 42.5 Å². The molecular weight excluding hydrogens is 717 g/mol. The van der Waals surface area contributed by atoms with Gasteiger partial charge in [0.25, 0.3) is 11.8 Å². The molecule has 2 saturated heterocycles. The van der Waals surface area contributed by atoms with Gasteiger partial charge in [0.15, 0.2) is 17.3 Å². The van der Waals surface area contributed by atoms with Gasteiger partial charge in [0.2, 0.25) is 23.9 Å². The minimum atomic E-state index is -0.466. The Morgan fingerprint density at radius 1 is 1.02 bits per heavy atom. The molecule has 16 heteroatoms. The molecule has 0 saturated carbocycles. The molecule has 2 aromatic carbocycles. The summed E-state index contributed by atoms with van der Waals surface area (Å²) in [6.45, 7) is 1.42. The van der Waals surface area contributed by atoms with E-state index in [1.807, 2.05) is 11.0 Å². The minimum Gasteiger partial charge on any atom is -0.493 e. The fourth-order valence-corrected chi connectivity index (χ4v) is 7.74. The maximum Gasteiger partial charge on any atom is 0.348 e. The van der Waals surface area contributed by atoms with Crippen LogP contribution >= 0.6 is 11.3 Å². The number of carbonyl (C=O) groups excluding carboxylic acids is 4. The summed E-state index contributed by atoms with van der Waals surface area (Å²) in [4.78, 5) is 63.1. The molecule has 15 nitrogen and oxygen atoms in total. The van der Waals surface area contributed by atoms with Gasteiger partial charge in [-0.05, 0) is 74.2 Å². The standard InChI is InChI=1S/C38H42N6O9S/c1-43-21-31(42-34(43)35(46)39-23-12-13-29-22(17-23)18-30(54-29)38(48)50-3)41-32(45)10-8-16-51-28-20-25-24(19-27(28)49-2)37(47)44-14-6-4-9-26(44)36(40-25)53-33-11-5-7-15-52-33/h12-13,17-21,26,33H,4-11,14-16H2,1-3H3,(H,39,46)(H,41,45)/t26-,33?/m0/s1. The molecule has 0 spiro atoms. The van der Waals surface area contributed by atoms with Gasteiger partial charge in [-0.25, -0.2) is 14.8 Å². The number of methoxy groups -OCH3 is 2. The van der Waals surface area contributed by atoms with Crippen LogP contribution in [0.5, 0.6) is 11.5 Å². The van der Waals surface area contributed by atoms with E-state index in [2.05, 4.69) is 15.6 Å². The number of ether oxygens (including phenoxy) is 5. The highest BCUT2D eigenvalue weighted by Gasteiger charge is 2.38. The Morgan fingerprint density at radius 3 is 2.67 bits per heavy atom. The Hall–Kier alpha value is -5.48. The molecular formula is C38H42N6O9S. The van der Waals surface area contributed by atoms with E-state index in [9.17, 15) is 19.2 Å². The van der Waals surface area contributed by atoms with Crippen molar-refractivity contribution in [1.29, 1.82) is 0 Å². The number of hydrogen-bond donors (Lipinski definition) is 2. The first-order valence-corrected chi connectivity index (χ1v) is 18.8. The first-order valence-electron chi connectivity index (χ1n) is 18.0. The number of aryl methyl sites for hydroxylation is 1. The van der Waals surface area contributed by atoms with Gasteiger partial charge in [-0.15, -0.1) is 11.3 Å². The number of nitrogens with zero attached hydrogens (tertiary/aromatic N) is 4. The van der Waals surface area contributed by atoms with Crippen molar-refractivity contribution in [3.05, 3.63) is 58.9 Å². The van der Waals surface area contributed by atoms with Crippen LogP contribution in [0.15, 0.2) is 47.6 Å². The van der Waals surface area contributed by atoms with Crippen LogP contribution in [0.1, 0.15) is 82.0 Å². The quantitative estimate of drug-likeness (QED) is 0.135. The van der Waals surface area contributed by atoms with Crippen molar-refractivity contribution in [2.75, 3.05) is 44.6 Å². The normalized spacial score (nSPS) is 18.2. The highest BCUT2D eigenvalue weighted by Crippen LogP contribution is 2.39. The summed E-state index contributed by atoms with van der Waals surface area (Å²) in [6.07, 6.45) is 7.04. The van der Waals surface area contributed by atoms with E-state index in [1.54, 1.807) is 43.6 Å². The maximum absolute atomic E-state index is 13.8. The van der Waals surface area contributed by atoms with Crippen molar-refractivity contribution in [2.45, 2.75) is 63.7 Å². The molecule has 3 aliphatic rings. The van der Waals surface area contributed by atoms with Crippen LogP contribution in [0.2, 0.25) is 0 Å². The third-order valence-corrected chi connectivity index (χ3v) is 10.6. The highest BCUT2D eigenvalue weighted by atomic mass is 32.1. The van der Waals surface area contributed by atoms with Crippen LogP contribution in [0, 0.1) is 0 Å². The molecule has 7 rings (SSSR count). The molecule has 2 aromatic heterocycles. The number of thiophene rings is 1. The van der Waals surface area contributed by atoms with E-state index in [1.165, 1.54) is 30.1 Å². The number of piperidine rings is 1. The summed E-state index contributed by atoms with van der Waals surface area (Å²) >= 11 is 1.30. The predicted molar refractivity (Wildman–Crippen MR) is 201 cm³/mol. The van der Waals surface area contributed by atoms with Gasteiger partial charge >= 0.3 is 5.97 Å². The number of imidazole rings is 1. The molecule has 54 heavy (non-hydrogen) atoms. The molecule has 3 aliphatic heterocycles. The Morgan fingerprint density at radius 2 is 1.87 bits per heavy atom. The van der Waals surface area contributed by atoms with Crippen molar-refractivity contribution in [2.24, 2.45) is 12.0 Å². The van der Waals surface area contributed by atoms with Crippen LogP contribution < -0.4 is 20.1 Å². The molecule has 3 amide bonds. The second-order valence-electron chi connectivity index (χ2n) is 13.3. The number of aliphatic imine (C=N–C) groups is 1. The Bertz CT molecular complexity index is 2100. The molecule has 1 unspecified atom stereocenters. The Balaban J connectivity index is 0.961. The second-order valence-corrected chi connectivity index (χ2v) is 14.3. The predicted octanol–water partition coefficient (Wildman–Crippen LogP) is 6.06. The van der Waals surface area contributed by atoms with E-state index >= 15 is 0 Å². The zero-order valence-electron chi connectivity index (χ0n) is 30.3. The number of anilines is 2. The summed E-state index contributed by atoms with van der Waals surface area (Å²) in [7, 11) is 4.50. The lowest BCUT2D eigenvalue weighted by molar-refractivity contribution is -0.117. The smallest absolute Gasteiger partial charge is 0.348 e. The Kier molecular flexibility index (Phi) is 11.1. The molecule has 2 fully saturated rings. The van der Waals surface area contributed by atoms with Gasteiger partial charge in [-0.1, -0.05) is 0 Å². The molecule has 2 N–H and O–H groups in total. The third-order valence-electron chi connectivity index (χ3n) is 9.50. The number of fused-ring (bicyclic) bond motifs is 3.